The maximum Gasteiger partial charge on any atom is 0.435 e. The van der Waals surface area contributed by atoms with Crippen molar-refractivity contribution in [2.24, 2.45) is 24.8 Å². The average Bonchev–Trinajstić information content (AvgIpc) is 3.61. The minimum atomic E-state index is -4.67. The summed E-state index contributed by atoms with van der Waals surface area (Å²) in [5, 5.41) is 16.0. The van der Waals surface area contributed by atoms with Crippen LogP contribution in [0.5, 0.6) is 0 Å². The van der Waals surface area contributed by atoms with E-state index in [1.165, 1.54) is 28.7 Å². The van der Waals surface area contributed by atoms with Crippen molar-refractivity contribution in [3.8, 4) is 11.3 Å². The summed E-state index contributed by atoms with van der Waals surface area (Å²) in [6.45, 7) is 5.10. The monoisotopic (exact) mass is 653 g/mol. The molecule has 1 aromatic carbocycles. The quantitative estimate of drug-likeness (QED) is 0.294. The maximum atomic E-state index is 13.9. The molecule has 250 valence electrons. The first-order chi connectivity index (χ1) is 22.5. The first kappa shape index (κ1) is 31.2. The summed E-state index contributed by atoms with van der Waals surface area (Å²) in [7, 11) is 1.49. The van der Waals surface area contributed by atoms with Gasteiger partial charge in [-0.2, -0.15) is 18.3 Å². The molecule has 15 heteroatoms. The van der Waals surface area contributed by atoms with Crippen LogP contribution in [0.4, 0.5) is 23.7 Å². The zero-order chi connectivity index (χ0) is 33.0. The Morgan fingerprint density at radius 1 is 1.06 bits per heavy atom. The lowest BCUT2D eigenvalue weighted by molar-refractivity contribution is -0.141. The van der Waals surface area contributed by atoms with Gasteiger partial charge in [0.15, 0.2) is 11.5 Å². The van der Waals surface area contributed by atoms with Gasteiger partial charge in [0.1, 0.15) is 0 Å². The van der Waals surface area contributed by atoms with Crippen molar-refractivity contribution in [1.82, 2.24) is 40.2 Å². The van der Waals surface area contributed by atoms with E-state index >= 15 is 0 Å². The molecule has 0 radical (unpaired) electrons. The lowest BCUT2D eigenvalue weighted by Crippen LogP contribution is -2.46. The molecule has 4 amide bonds. The van der Waals surface area contributed by atoms with E-state index in [9.17, 15) is 27.6 Å². The van der Waals surface area contributed by atoms with Gasteiger partial charge in [-0.15, -0.1) is 0 Å². The van der Waals surface area contributed by atoms with Gasteiger partial charge < -0.3 is 30.7 Å². The highest BCUT2D eigenvalue weighted by Gasteiger charge is 2.57. The van der Waals surface area contributed by atoms with Crippen molar-refractivity contribution in [1.29, 1.82) is 0 Å². The van der Waals surface area contributed by atoms with Crippen LogP contribution in [-0.4, -0.2) is 80.3 Å². The fourth-order valence-electron chi connectivity index (χ4n) is 7.08. The minimum Gasteiger partial charge on any atom is -0.349 e. The Morgan fingerprint density at radius 2 is 1.83 bits per heavy atom. The first-order valence-corrected chi connectivity index (χ1v) is 16.1. The largest absolute Gasteiger partial charge is 0.435 e. The predicted octanol–water partition coefficient (Wildman–Crippen LogP) is 3.39. The highest BCUT2D eigenvalue weighted by molar-refractivity contribution is 6.03. The number of nitrogens with one attached hydrogen (secondary N) is 4. The predicted molar refractivity (Wildman–Crippen MR) is 166 cm³/mol. The number of alkyl halides is 3. The number of likely N-dealkylation sites (tertiary alicyclic amines) is 1. The van der Waals surface area contributed by atoms with E-state index in [1.807, 2.05) is 4.90 Å². The van der Waals surface area contributed by atoms with Crippen molar-refractivity contribution < 1.29 is 27.6 Å². The number of carbonyl (C=O) groups is 3. The summed E-state index contributed by atoms with van der Waals surface area (Å²) in [5.74, 6) is -0.110. The van der Waals surface area contributed by atoms with Crippen LogP contribution in [0.2, 0.25) is 0 Å². The third-order valence-corrected chi connectivity index (χ3v) is 10.1. The number of urea groups is 1. The van der Waals surface area contributed by atoms with Crippen LogP contribution in [0.3, 0.4) is 0 Å². The Bertz CT molecular complexity index is 1690. The van der Waals surface area contributed by atoms with Crippen molar-refractivity contribution >= 4 is 23.5 Å². The van der Waals surface area contributed by atoms with Crippen molar-refractivity contribution in [2.75, 3.05) is 31.5 Å². The topological polar surface area (TPSA) is 138 Å². The number of amides is 4. The zero-order valence-corrected chi connectivity index (χ0v) is 26.2. The molecule has 2 saturated carbocycles. The number of anilines is 1. The lowest BCUT2D eigenvalue weighted by Gasteiger charge is -2.24. The summed E-state index contributed by atoms with van der Waals surface area (Å²) >= 11 is 0. The molecule has 0 spiro atoms. The van der Waals surface area contributed by atoms with Crippen LogP contribution in [0.25, 0.3) is 11.3 Å². The van der Waals surface area contributed by atoms with Gasteiger partial charge in [-0.05, 0) is 62.4 Å². The molecule has 47 heavy (non-hydrogen) atoms. The molecule has 2 aliphatic heterocycles. The molecule has 12 nitrogen and oxygen atoms in total. The Balaban J connectivity index is 0.964. The van der Waals surface area contributed by atoms with Crippen LogP contribution in [0.1, 0.15) is 57.9 Å². The number of hydrogen-bond donors (Lipinski definition) is 4. The van der Waals surface area contributed by atoms with E-state index in [-0.39, 0.29) is 52.9 Å². The molecule has 2 saturated heterocycles. The summed E-state index contributed by atoms with van der Waals surface area (Å²) in [6, 6.07) is 5.03. The molecule has 0 bridgehead atoms. The number of rotatable bonds is 8. The molecule has 1 unspecified atom stereocenters. The van der Waals surface area contributed by atoms with Gasteiger partial charge >= 0.3 is 12.2 Å². The Morgan fingerprint density at radius 3 is 2.47 bits per heavy atom. The Labute approximate surface area is 269 Å². The fourth-order valence-corrected chi connectivity index (χ4v) is 7.08. The number of aryl methyl sites for hydroxylation is 1. The SMILES string of the molecule is Cc1cc(NC(=O)c2ncc(-c3cn(CC4CCC4)nc3C(F)(F)F)n2C)ccc1C(=O)NC1[C@H]2CN(C(=O)N[C@H]3CCNC3)C[C@@H]12. The third kappa shape index (κ3) is 6.20. The summed E-state index contributed by atoms with van der Waals surface area (Å²) in [4.78, 5) is 44.8. The second-order valence-electron chi connectivity index (χ2n) is 13.3. The van der Waals surface area contributed by atoms with Crippen LogP contribution in [-0.2, 0) is 19.8 Å². The number of benzene rings is 1. The number of carbonyl (C=O) groups excluding carboxylic acids is 3. The molecule has 4 N–H and O–H groups in total. The highest BCUT2D eigenvalue weighted by Crippen LogP contribution is 2.45. The number of halogens is 3. The van der Waals surface area contributed by atoms with Gasteiger partial charge in [-0.25, -0.2) is 9.78 Å². The minimum absolute atomic E-state index is 0.0132. The number of hydrogen-bond acceptors (Lipinski definition) is 6. The molecule has 4 fully saturated rings. The summed E-state index contributed by atoms with van der Waals surface area (Å²) < 4.78 is 44.4. The van der Waals surface area contributed by atoms with Crippen molar-refractivity contribution in [2.45, 2.75) is 57.4 Å². The van der Waals surface area contributed by atoms with Gasteiger partial charge in [0, 0.05) is 74.6 Å². The van der Waals surface area contributed by atoms with Gasteiger partial charge in [0.05, 0.1) is 17.5 Å². The van der Waals surface area contributed by atoms with Crippen LogP contribution in [0, 0.1) is 24.7 Å². The van der Waals surface area contributed by atoms with Gasteiger partial charge in [0.25, 0.3) is 11.8 Å². The van der Waals surface area contributed by atoms with Crippen LogP contribution in [0.15, 0.2) is 30.6 Å². The number of fused-ring (bicyclic) bond motifs is 1. The molecule has 3 aromatic rings. The maximum absolute atomic E-state index is 13.9. The molecule has 4 aliphatic rings. The molecular formula is C32H38F3N9O3. The van der Waals surface area contributed by atoms with E-state index in [0.717, 1.165) is 38.8 Å². The van der Waals surface area contributed by atoms with E-state index < -0.39 is 17.8 Å². The van der Waals surface area contributed by atoms with Crippen LogP contribution >= 0.6 is 0 Å². The second kappa shape index (κ2) is 12.0. The molecule has 4 atom stereocenters. The van der Waals surface area contributed by atoms with Crippen LogP contribution < -0.4 is 21.3 Å². The van der Waals surface area contributed by atoms with E-state index in [1.54, 1.807) is 25.1 Å². The number of aromatic nitrogens is 4. The second-order valence-corrected chi connectivity index (χ2v) is 13.3. The van der Waals surface area contributed by atoms with Gasteiger partial charge in [0.2, 0.25) is 0 Å². The Hall–Kier alpha value is -4.40. The molecule has 7 rings (SSSR count). The Kier molecular flexibility index (Phi) is 7.97. The molecule has 2 aliphatic carbocycles. The lowest BCUT2D eigenvalue weighted by atomic mass is 9.85. The van der Waals surface area contributed by atoms with Gasteiger partial charge in [-0.1, -0.05) is 6.42 Å². The first-order valence-electron chi connectivity index (χ1n) is 16.1. The zero-order valence-electron chi connectivity index (χ0n) is 26.2. The third-order valence-electron chi connectivity index (χ3n) is 10.1. The average molecular weight is 654 g/mol. The molecule has 4 heterocycles. The number of nitrogens with zero attached hydrogens (tertiary/aromatic N) is 5. The standard InChI is InChI=1S/C32H38F3N9O3/c1-17-10-19(6-7-21(17)29(45)40-26-22-14-43(15-23(22)26)31(47)39-20-8-9-36-11-20)38-30(46)28-37-12-25(42(28)2)24-16-44(13-18-4-3-5-18)41-27(24)32(33,34)35/h6-7,10,12,16,18,20,22-23,26,36H,3-5,8-9,11,13-15H2,1-2H3,(H,38,46)(H,39,47)(H,40,45)/t20-,22-,23+,26?/m0/s1. The van der Waals surface area contributed by atoms with Crippen molar-refractivity contribution in [3.63, 3.8) is 0 Å². The fraction of sp³-hybridized carbons (Fsp3) is 0.531. The summed E-state index contributed by atoms with van der Waals surface area (Å²) in [6.07, 6.45) is 1.90. The van der Waals surface area contributed by atoms with E-state index in [4.69, 9.17) is 0 Å². The van der Waals surface area contributed by atoms with Gasteiger partial charge in [-0.3, -0.25) is 14.3 Å². The smallest absolute Gasteiger partial charge is 0.349 e. The molecular weight excluding hydrogens is 615 g/mol. The summed E-state index contributed by atoms with van der Waals surface area (Å²) in [5.41, 5.74) is 0.520. The van der Waals surface area contributed by atoms with Crippen molar-refractivity contribution in [3.05, 3.63) is 53.2 Å². The number of imidazole rings is 1. The normalized spacial score (nSPS) is 23.7. The highest BCUT2D eigenvalue weighted by atomic mass is 19.4. The van der Waals surface area contributed by atoms with E-state index in [0.29, 0.717) is 42.4 Å². The number of piperidine rings is 1. The molecule has 2 aromatic heterocycles. The van der Waals surface area contributed by atoms with E-state index in [2.05, 4.69) is 31.3 Å².